The molecule has 5 heteroatoms. The fourth-order valence-corrected chi connectivity index (χ4v) is 9.67. The van der Waals surface area contributed by atoms with Gasteiger partial charge in [-0.05, 0) is 105 Å². The zero-order chi connectivity index (χ0) is 23.9. The molecule has 35 heavy (non-hydrogen) atoms. The summed E-state index contributed by atoms with van der Waals surface area (Å²) in [5.41, 5.74) is 4.03. The molecular formula is C30H37N3O2. The van der Waals surface area contributed by atoms with Crippen molar-refractivity contribution in [1.82, 2.24) is 14.7 Å². The molecule has 4 fully saturated rings. The van der Waals surface area contributed by atoms with E-state index < -0.39 is 0 Å². The van der Waals surface area contributed by atoms with Gasteiger partial charge in [0.2, 0.25) is 0 Å². The third kappa shape index (κ3) is 2.80. The minimum Gasteiger partial charge on any atom is -0.508 e. The Kier molecular flexibility index (Phi) is 4.73. The van der Waals surface area contributed by atoms with Crippen LogP contribution in [0.1, 0.15) is 47.2 Å². The van der Waals surface area contributed by atoms with Crippen LogP contribution in [-0.2, 0) is 11.8 Å². The third-order valence-electron chi connectivity index (χ3n) is 10.7. The van der Waals surface area contributed by atoms with E-state index in [-0.39, 0.29) is 16.7 Å². The van der Waals surface area contributed by atoms with Gasteiger partial charge in [-0.2, -0.15) is 0 Å². The van der Waals surface area contributed by atoms with E-state index in [1.165, 1.54) is 24.0 Å². The summed E-state index contributed by atoms with van der Waals surface area (Å²) in [6, 6.07) is 16.9. The third-order valence-corrected chi connectivity index (χ3v) is 10.7. The number of phenolic OH excluding ortho intramolecular Hbond substituents is 1. The first-order chi connectivity index (χ1) is 16.9. The predicted molar refractivity (Wildman–Crippen MR) is 137 cm³/mol. The SMILES string of the molecule is CN(C)CCN1CCC23c4cc(O)ccc4CC1[C@@]21CCC2C3[C@@H](CN2C(=O)c2ccccc2)C1. The van der Waals surface area contributed by atoms with Crippen LogP contribution < -0.4 is 0 Å². The molecule has 0 aromatic heterocycles. The maximum Gasteiger partial charge on any atom is 0.254 e. The van der Waals surface area contributed by atoms with Crippen molar-refractivity contribution in [2.24, 2.45) is 17.3 Å². The quantitative estimate of drug-likeness (QED) is 0.738. The highest BCUT2D eigenvalue weighted by Crippen LogP contribution is 2.75. The second-order valence-corrected chi connectivity index (χ2v) is 12.2. The lowest BCUT2D eigenvalue weighted by atomic mass is 9.43. The summed E-state index contributed by atoms with van der Waals surface area (Å²) in [5, 5.41) is 10.6. The molecule has 1 N–H and O–H groups in total. The Balaban J connectivity index is 1.33. The van der Waals surface area contributed by atoms with Gasteiger partial charge in [0.1, 0.15) is 5.75 Å². The van der Waals surface area contributed by atoms with Crippen molar-refractivity contribution in [2.75, 3.05) is 40.3 Å². The normalized spacial score (nSPS) is 36.8. The number of benzene rings is 2. The van der Waals surface area contributed by atoms with Crippen LogP contribution >= 0.6 is 0 Å². The smallest absolute Gasteiger partial charge is 0.254 e. The van der Waals surface area contributed by atoms with E-state index in [4.69, 9.17) is 0 Å². The molecule has 2 aliphatic heterocycles. The van der Waals surface area contributed by atoms with Gasteiger partial charge < -0.3 is 14.9 Å². The Labute approximate surface area is 208 Å². The number of piperidine rings is 1. The highest BCUT2D eigenvalue weighted by atomic mass is 16.3. The van der Waals surface area contributed by atoms with Gasteiger partial charge in [0.25, 0.3) is 5.91 Å². The molecule has 6 atom stereocenters. The molecule has 4 bridgehead atoms. The first-order valence-electron chi connectivity index (χ1n) is 13.5. The Hall–Kier alpha value is -2.37. The van der Waals surface area contributed by atoms with E-state index in [0.29, 0.717) is 29.7 Å². The Morgan fingerprint density at radius 2 is 1.97 bits per heavy atom. The van der Waals surface area contributed by atoms with Crippen molar-refractivity contribution >= 4 is 5.91 Å². The standard InChI is InChI=1S/C30H37N3O2/c1-31(2)14-15-32-13-12-30-24-17-23(34)9-8-21(24)16-26(32)29(30)11-10-25-27(30)22(18-29)19-33(25)28(35)20-6-4-3-5-7-20/h3-9,17,22,25-27,34H,10-16,18-19H2,1-2H3/t22-,25?,26?,27?,29+,30?/m1/s1. The van der Waals surface area contributed by atoms with Crippen molar-refractivity contribution in [3.63, 3.8) is 0 Å². The fourth-order valence-electron chi connectivity index (χ4n) is 9.67. The maximum atomic E-state index is 13.7. The number of carbonyl (C=O) groups excluding carboxylic acids is 1. The molecule has 0 spiro atoms. The van der Waals surface area contributed by atoms with Gasteiger partial charge in [0, 0.05) is 42.7 Å². The molecular weight excluding hydrogens is 434 g/mol. The molecule has 184 valence electrons. The van der Waals surface area contributed by atoms with Crippen LogP contribution in [0.25, 0.3) is 0 Å². The van der Waals surface area contributed by atoms with Crippen LogP contribution in [0.3, 0.4) is 0 Å². The van der Waals surface area contributed by atoms with Crippen molar-refractivity contribution < 1.29 is 9.90 Å². The summed E-state index contributed by atoms with van der Waals surface area (Å²) < 4.78 is 0. The van der Waals surface area contributed by atoms with E-state index in [1.807, 2.05) is 36.4 Å². The number of carbonyl (C=O) groups is 1. The molecule has 2 saturated carbocycles. The maximum absolute atomic E-state index is 13.7. The number of hydrogen-bond donors (Lipinski definition) is 1. The summed E-state index contributed by atoms with van der Waals surface area (Å²) in [6.07, 6.45) is 5.79. The largest absolute Gasteiger partial charge is 0.508 e. The van der Waals surface area contributed by atoms with Crippen LogP contribution in [0.15, 0.2) is 48.5 Å². The van der Waals surface area contributed by atoms with Gasteiger partial charge >= 0.3 is 0 Å². The summed E-state index contributed by atoms with van der Waals surface area (Å²) in [5.74, 6) is 1.67. The van der Waals surface area contributed by atoms with Gasteiger partial charge in [-0.3, -0.25) is 9.69 Å². The van der Waals surface area contributed by atoms with Crippen LogP contribution in [0, 0.1) is 17.3 Å². The molecule has 2 heterocycles. The second-order valence-electron chi connectivity index (χ2n) is 12.2. The topological polar surface area (TPSA) is 47.0 Å². The van der Waals surface area contributed by atoms with Gasteiger partial charge in [-0.15, -0.1) is 0 Å². The van der Waals surface area contributed by atoms with Crippen LogP contribution in [0.2, 0.25) is 0 Å². The zero-order valence-corrected chi connectivity index (χ0v) is 21.0. The predicted octanol–water partition coefficient (Wildman–Crippen LogP) is 3.76. The number of likely N-dealkylation sites (N-methyl/N-ethyl adjacent to an activating group) is 1. The molecule has 3 aliphatic carbocycles. The van der Waals surface area contributed by atoms with Gasteiger partial charge in [-0.1, -0.05) is 24.3 Å². The monoisotopic (exact) mass is 471 g/mol. The number of likely N-dealkylation sites (tertiary alicyclic amines) is 2. The van der Waals surface area contributed by atoms with Crippen LogP contribution in [0.4, 0.5) is 0 Å². The molecule has 2 aromatic carbocycles. The molecule has 2 aromatic rings. The number of rotatable bonds is 4. The molecule has 5 nitrogen and oxygen atoms in total. The number of phenols is 1. The molecule has 0 radical (unpaired) electrons. The van der Waals surface area contributed by atoms with Crippen molar-refractivity contribution in [3.05, 3.63) is 65.2 Å². The molecule has 4 unspecified atom stereocenters. The van der Waals surface area contributed by atoms with Crippen LogP contribution in [0.5, 0.6) is 5.75 Å². The van der Waals surface area contributed by atoms with Gasteiger partial charge in [0.15, 0.2) is 0 Å². The van der Waals surface area contributed by atoms with Gasteiger partial charge in [0.05, 0.1) is 0 Å². The van der Waals surface area contributed by atoms with Crippen LogP contribution in [-0.4, -0.2) is 78.1 Å². The van der Waals surface area contributed by atoms with Crippen molar-refractivity contribution in [3.8, 4) is 5.75 Å². The van der Waals surface area contributed by atoms with Crippen molar-refractivity contribution in [1.29, 1.82) is 0 Å². The first-order valence-corrected chi connectivity index (χ1v) is 13.5. The number of aromatic hydroxyl groups is 1. The lowest BCUT2D eigenvalue weighted by molar-refractivity contribution is -0.101. The molecule has 5 aliphatic rings. The van der Waals surface area contributed by atoms with Gasteiger partial charge in [-0.25, -0.2) is 0 Å². The summed E-state index contributed by atoms with van der Waals surface area (Å²) in [6.45, 7) is 4.24. The van der Waals surface area contributed by atoms with E-state index in [2.05, 4.69) is 40.9 Å². The Bertz CT molecular complexity index is 1170. The lowest BCUT2D eigenvalue weighted by Crippen LogP contribution is -2.70. The number of nitrogens with zero attached hydrogens (tertiary/aromatic N) is 3. The summed E-state index contributed by atoms with van der Waals surface area (Å²) in [7, 11) is 4.35. The van der Waals surface area contributed by atoms with E-state index in [1.54, 1.807) is 0 Å². The molecule has 2 saturated heterocycles. The highest BCUT2D eigenvalue weighted by Gasteiger charge is 2.76. The van der Waals surface area contributed by atoms with E-state index in [9.17, 15) is 9.90 Å². The van der Waals surface area contributed by atoms with Crippen molar-refractivity contribution in [2.45, 2.75) is 49.6 Å². The average Bonchev–Trinajstić information content (AvgIpc) is 3.30. The Morgan fingerprint density at radius 1 is 1.14 bits per heavy atom. The number of fused-ring (bicyclic) bond motifs is 1. The number of amides is 1. The zero-order valence-electron chi connectivity index (χ0n) is 21.0. The first kappa shape index (κ1) is 21.9. The lowest BCUT2D eigenvalue weighted by Gasteiger charge is -2.66. The Morgan fingerprint density at radius 3 is 2.77 bits per heavy atom. The number of hydrogen-bond acceptors (Lipinski definition) is 4. The summed E-state index contributed by atoms with van der Waals surface area (Å²) in [4.78, 5) is 21.0. The highest BCUT2D eigenvalue weighted by molar-refractivity contribution is 5.94. The molecule has 7 rings (SSSR count). The fraction of sp³-hybridized carbons (Fsp3) is 0.567. The van der Waals surface area contributed by atoms with E-state index in [0.717, 1.165) is 51.0 Å². The average molecular weight is 472 g/mol. The van der Waals surface area contributed by atoms with E-state index >= 15 is 0 Å². The minimum absolute atomic E-state index is 0.0813. The summed E-state index contributed by atoms with van der Waals surface area (Å²) >= 11 is 0. The molecule has 1 amide bonds. The minimum atomic E-state index is 0.0813. The second kappa shape index (κ2) is 7.57.